The third-order valence-corrected chi connectivity index (χ3v) is 7.71. The maximum absolute atomic E-state index is 14.0. The number of carbonyl (C=O) groups is 3. The van der Waals surface area contributed by atoms with Crippen molar-refractivity contribution in [3.05, 3.63) is 12.7 Å². The van der Waals surface area contributed by atoms with E-state index in [1.54, 1.807) is 22.8 Å². The number of hydrogen-bond acceptors (Lipinski definition) is 6. The van der Waals surface area contributed by atoms with Crippen LogP contribution in [-0.4, -0.2) is 82.8 Å². The van der Waals surface area contributed by atoms with Crippen LogP contribution in [0.3, 0.4) is 0 Å². The van der Waals surface area contributed by atoms with Gasteiger partial charge in [-0.15, -0.1) is 6.58 Å². The summed E-state index contributed by atoms with van der Waals surface area (Å²) in [4.78, 5) is 44.2. The number of esters is 1. The van der Waals surface area contributed by atoms with Crippen molar-refractivity contribution in [3.63, 3.8) is 0 Å². The molecule has 1 N–H and O–H groups in total. The molecule has 8 nitrogen and oxygen atoms in total. The molecule has 0 saturated carbocycles. The lowest BCUT2D eigenvalue weighted by molar-refractivity contribution is -0.161. The summed E-state index contributed by atoms with van der Waals surface area (Å²) in [5.41, 5.74) is -1.82. The lowest BCUT2D eigenvalue weighted by Crippen LogP contribution is -2.56. The first-order valence-electron chi connectivity index (χ1n) is 12.5. The molecule has 186 valence electrons. The molecule has 2 amide bonds. The zero-order chi connectivity index (χ0) is 24.2. The molecule has 2 bridgehead atoms. The van der Waals surface area contributed by atoms with Crippen LogP contribution in [-0.2, 0) is 23.9 Å². The van der Waals surface area contributed by atoms with Gasteiger partial charge in [0.05, 0.1) is 18.1 Å². The van der Waals surface area contributed by atoms with Gasteiger partial charge in [0.15, 0.2) is 0 Å². The molecule has 3 rings (SSSR count). The van der Waals surface area contributed by atoms with Crippen LogP contribution in [0, 0.1) is 11.8 Å². The minimum absolute atomic E-state index is 0.0870. The Hall–Kier alpha value is -1.93. The zero-order valence-corrected chi connectivity index (χ0v) is 20.4. The first-order valence-corrected chi connectivity index (χ1v) is 12.5. The number of likely N-dealkylation sites (tertiary alicyclic amines) is 1. The predicted molar refractivity (Wildman–Crippen MR) is 123 cm³/mol. The Morgan fingerprint density at radius 1 is 1.27 bits per heavy atom. The second kappa shape index (κ2) is 10.6. The molecule has 0 aromatic heterocycles. The van der Waals surface area contributed by atoms with Crippen LogP contribution in [0.1, 0.15) is 65.7 Å². The van der Waals surface area contributed by atoms with E-state index in [4.69, 9.17) is 9.47 Å². The Morgan fingerprint density at radius 3 is 2.64 bits per heavy atom. The number of nitrogens with zero attached hydrogens (tertiary/aromatic N) is 2. The number of aliphatic hydroxyl groups excluding tert-OH is 1. The number of rotatable bonds is 13. The molecule has 5 atom stereocenters. The Bertz CT molecular complexity index is 757. The second-order valence-corrected chi connectivity index (χ2v) is 9.47. The molecule has 3 aliphatic rings. The Morgan fingerprint density at radius 2 is 2.03 bits per heavy atom. The van der Waals surface area contributed by atoms with E-state index in [1.807, 2.05) is 6.92 Å². The van der Waals surface area contributed by atoms with Gasteiger partial charge in [-0.3, -0.25) is 14.4 Å². The highest BCUT2D eigenvalue weighted by molar-refractivity contribution is 5.98. The molecule has 8 heteroatoms. The van der Waals surface area contributed by atoms with Crippen molar-refractivity contribution < 1.29 is 29.0 Å². The van der Waals surface area contributed by atoms with E-state index in [0.29, 0.717) is 38.8 Å². The van der Waals surface area contributed by atoms with Gasteiger partial charge in [-0.05, 0) is 39.0 Å². The van der Waals surface area contributed by atoms with Crippen LogP contribution < -0.4 is 0 Å². The van der Waals surface area contributed by atoms with Crippen molar-refractivity contribution in [3.8, 4) is 0 Å². The van der Waals surface area contributed by atoms with Crippen molar-refractivity contribution in [1.82, 2.24) is 9.80 Å². The van der Waals surface area contributed by atoms with Crippen molar-refractivity contribution in [2.45, 2.75) is 83.0 Å². The maximum atomic E-state index is 14.0. The normalized spacial score (nSPS) is 32.2. The quantitative estimate of drug-likeness (QED) is 0.255. The average Bonchev–Trinajstić information content (AvgIpc) is 3.40. The molecule has 0 aromatic rings. The molecule has 3 saturated heterocycles. The molecule has 0 radical (unpaired) electrons. The van der Waals surface area contributed by atoms with Crippen molar-refractivity contribution in [1.29, 1.82) is 0 Å². The van der Waals surface area contributed by atoms with Crippen LogP contribution in [0.15, 0.2) is 12.7 Å². The van der Waals surface area contributed by atoms with Crippen LogP contribution in [0.5, 0.6) is 0 Å². The second-order valence-electron chi connectivity index (χ2n) is 9.47. The average molecular weight is 465 g/mol. The summed E-state index contributed by atoms with van der Waals surface area (Å²) in [6, 6.07) is -0.809. The van der Waals surface area contributed by atoms with Gasteiger partial charge < -0.3 is 24.4 Å². The summed E-state index contributed by atoms with van der Waals surface area (Å²) in [6.07, 6.45) is 6.72. The van der Waals surface area contributed by atoms with Gasteiger partial charge in [0, 0.05) is 26.2 Å². The van der Waals surface area contributed by atoms with E-state index in [1.165, 1.54) is 0 Å². The predicted octanol–water partition coefficient (Wildman–Crippen LogP) is 2.29. The molecule has 0 aliphatic carbocycles. The van der Waals surface area contributed by atoms with Gasteiger partial charge in [0.25, 0.3) is 0 Å². The fourth-order valence-electron chi connectivity index (χ4n) is 6.24. The summed E-state index contributed by atoms with van der Waals surface area (Å²) < 4.78 is 12.1. The highest BCUT2D eigenvalue weighted by Gasteiger charge is 2.79. The highest BCUT2D eigenvalue weighted by atomic mass is 16.6. The Kier molecular flexibility index (Phi) is 8.22. The fourth-order valence-corrected chi connectivity index (χ4v) is 6.24. The third-order valence-electron chi connectivity index (χ3n) is 7.71. The van der Waals surface area contributed by atoms with Gasteiger partial charge >= 0.3 is 5.97 Å². The summed E-state index contributed by atoms with van der Waals surface area (Å²) in [6.45, 7) is 11.0. The molecule has 3 heterocycles. The van der Waals surface area contributed by atoms with Gasteiger partial charge in [0.1, 0.15) is 17.6 Å². The first kappa shape index (κ1) is 25.7. The summed E-state index contributed by atoms with van der Waals surface area (Å²) >= 11 is 0. The van der Waals surface area contributed by atoms with Gasteiger partial charge in [-0.25, -0.2) is 0 Å². The zero-order valence-electron chi connectivity index (χ0n) is 20.4. The molecule has 1 spiro atoms. The topological polar surface area (TPSA) is 96.4 Å². The van der Waals surface area contributed by atoms with Gasteiger partial charge in [-0.2, -0.15) is 0 Å². The van der Waals surface area contributed by atoms with Crippen molar-refractivity contribution in [2.24, 2.45) is 11.8 Å². The number of amides is 2. The number of hydrogen-bond donors (Lipinski definition) is 1. The minimum atomic E-state index is -1.04. The lowest BCUT2D eigenvalue weighted by Gasteiger charge is -2.37. The number of carbonyl (C=O) groups excluding carboxylic acids is 3. The van der Waals surface area contributed by atoms with E-state index >= 15 is 0 Å². The van der Waals surface area contributed by atoms with Crippen LogP contribution >= 0.6 is 0 Å². The van der Waals surface area contributed by atoms with Crippen LogP contribution in [0.2, 0.25) is 0 Å². The Balaban J connectivity index is 2.02. The van der Waals surface area contributed by atoms with Crippen molar-refractivity contribution >= 4 is 17.8 Å². The molecular weight excluding hydrogens is 424 g/mol. The number of fused-ring (bicyclic) bond motifs is 1. The number of aliphatic hydroxyl groups is 1. The summed E-state index contributed by atoms with van der Waals surface area (Å²) in [7, 11) is 0. The fraction of sp³-hybridized carbons (Fsp3) is 0.800. The largest absolute Gasteiger partial charge is 0.466 e. The van der Waals surface area contributed by atoms with E-state index < -0.39 is 35.0 Å². The first-order chi connectivity index (χ1) is 15.9. The molecule has 3 aliphatic heterocycles. The SMILES string of the molecule is C=CCN(CCCCC)C(=O)C1N(CCCO)C(=O)[C@@H]2[C@@H](C(=O)OCC)[C@@]3(CC)CCC12O3. The summed E-state index contributed by atoms with van der Waals surface area (Å²) in [5, 5.41) is 9.44. The van der Waals surface area contributed by atoms with E-state index in [2.05, 4.69) is 13.5 Å². The smallest absolute Gasteiger partial charge is 0.312 e. The standard InChI is InChI=1S/C25H40N2O6/c1-5-9-10-15-26(14-6-2)22(30)20-25-13-12-24(7-3,33-25)19(23(31)32-8-4)18(25)21(29)27(20)16-11-17-28/h6,18-20,28H,2,5,7-17H2,1,3-4H3/t18-,19-,20?,24+,25?/m0/s1. The summed E-state index contributed by atoms with van der Waals surface area (Å²) in [5.74, 6) is -2.26. The molecular formula is C25H40N2O6. The maximum Gasteiger partial charge on any atom is 0.312 e. The van der Waals surface area contributed by atoms with E-state index in [0.717, 1.165) is 19.3 Å². The molecule has 2 unspecified atom stereocenters. The van der Waals surface area contributed by atoms with E-state index in [9.17, 15) is 19.5 Å². The Labute approximate surface area is 197 Å². The van der Waals surface area contributed by atoms with Gasteiger partial charge in [-0.1, -0.05) is 32.8 Å². The van der Waals surface area contributed by atoms with Gasteiger partial charge in [0.2, 0.25) is 11.8 Å². The lowest BCUT2D eigenvalue weighted by atomic mass is 9.65. The van der Waals surface area contributed by atoms with Crippen molar-refractivity contribution in [2.75, 3.05) is 32.8 Å². The minimum Gasteiger partial charge on any atom is -0.466 e. The molecule has 33 heavy (non-hydrogen) atoms. The number of ether oxygens (including phenoxy) is 2. The monoisotopic (exact) mass is 464 g/mol. The van der Waals surface area contributed by atoms with Crippen LogP contribution in [0.4, 0.5) is 0 Å². The molecule has 0 aromatic carbocycles. The van der Waals surface area contributed by atoms with Crippen LogP contribution in [0.25, 0.3) is 0 Å². The third kappa shape index (κ3) is 4.20. The molecule has 3 fully saturated rings. The highest BCUT2D eigenvalue weighted by Crippen LogP contribution is 2.64. The number of unbranched alkanes of at least 4 members (excludes halogenated alkanes) is 2. The van der Waals surface area contributed by atoms with E-state index in [-0.39, 0.29) is 31.6 Å².